The fourth-order valence-corrected chi connectivity index (χ4v) is 3.32. The zero-order chi connectivity index (χ0) is 20.4. The number of aromatic nitrogens is 4. The van der Waals surface area contributed by atoms with E-state index in [-0.39, 0.29) is 16.5 Å². The van der Waals surface area contributed by atoms with Gasteiger partial charge >= 0.3 is 0 Å². The van der Waals surface area contributed by atoms with Crippen molar-refractivity contribution in [2.45, 2.75) is 19.9 Å². The van der Waals surface area contributed by atoms with E-state index in [1.54, 1.807) is 30.0 Å². The van der Waals surface area contributed by atoms with Crippen molar-refractivity contribution in [2.75, 3.05) is 11.9 Å². The molecule has 0 bridgehead atoms. The highest BCUT2D eigenvalue weighted by molar-refractivity contribution is 6.49. The molecule has 0 atom stereocenters. The van der Waals surface area contributed by atoms with Crippen LogP contribution >= 0.6 is 11.6 Å². The first-order valence-corrected chi connectivity index (χ1v) is 9.56. The molecule has 0 aromatic carbocycles. The zero-order valence-corrected chi connectivity index (χ0v) is 16.6. The van der Waals surface area contributed by atoms with Gasteiger partial charge in [0.1, 0.15) is 10.7 Å². The minimum absolute atomic E-state index is 0.00457. The van der Waals surface area contributed by atoms with Crippen molar-refractivity contribution >= 4 is 40.1 Å². The molecule has 8 nitrogen and oxygen atoms in total. The molecule has 1 aliphatic carbocycles. The molecule has 3 heterocycles. The van der Waals surface area contributed by atoms with Gasteiger partial charge in [0.15, 0.2) is 5.82 Å². The van der Waals surface area contributed by atoms with E-state index in [2.05, 4.69) is 15.4 Å². The molecule has 0 amide bonds. The lowest BCUT2D eigenvalue weighted by molar-refractivity contribution is -0.111. The minimum atomic E-state index is -0.277. The predicted octanol–water partition coefficient (Wildman–Crippen LogP) is 3.04. The smallest absolute Gasteiger partial charge is 0.202 e. The molecule has 0 saturated carbocycles. The van der Waals surface area contributed by atoms with E-state index in [1.807, 2.05) is 35.2 Å². The number of hydrogen-bond donors (Lipinski definition) is 2. The summed E-state index contributed by atoms with van der Waals surface area (Å²) in [6.07, 6.45) is 9.88. The summed E-state index contributed by atoms with van der Waals surface area (Å²) in [5.74, 6) is 0.363. The molecule has 3 N–H and O–H groups in total. The average Bonchev–Trinajstić information content (AvgIpc) is 3.36. The van der Waals surface area contributed by atoms with Crippen LogP contribution in [0.1, 0.15) is 13.3 Å². The summed E-state index contributed by atoms with van der Waals surface area (Å²) in [6.45, 7) is 3.25. The second-order valence-corrected chi connectivity index (χ2v) is 7.07. The van der Waals surface area contributed by atoms with E-state index < -0.39 is 0 Å². The second kappa shape index (κ2) is 7.92. The van der Waals surface area contributed by atoms with Gasteiger partial charge in [0, 0.05) is 37.3 Å². The van der Waals surface area contributed by atoms with Crippen LogP contribution in [0.5, 0.6) is 0 Å². The monoisotopic (exact) mass is 409 g/mol. The number of aliphatic imine (C=N–C) groups is 1. The van der Waals surface area contributed by atoms with E-state index in [0.717, 1.165) is 18.5 Å². The standard InChI is InChI=1S/C20H20ClN7O/c1-13-11-14(17(22)16(21)19(13)29)25-18-15-5-2-3-9-28(15)26-20(18)24-6-4-8-27-10-7-23-12-27/h2-3,5,7,9-12H,4,6,8,22H2,1H3,(H,24,26). The fraction of sp³-hybridized carbons (Fsp3) is 0.200. The maximum atomic E-state index is 12.0. The molecule has 29 heavy (non-hydrogen) atoms. The molecule has 1 aliphatic rings. The molecule has 0 radical (unpaired) electrons. The number of anilines is 1. The summed E-state index contributed by atoms with van der Waals surface area (Å²) < 4.78 is 3.77. The summed E-state index contributed by atoms with van der Waals surface area (Å²) in [6, 6.07) is 5.74. The van der Waals surface area contributed by atoms with Crippen LogP contribution in [-0.2, 0) is 11.3 Å². The molecule has 3 aromatic heterocycles. The molecule has 0 unspecified atom stereocenters. The SMILES string of the molecule is CC1=CC(=Nc2c(NCCCn3ccnc3)nn3ccccc23)C(N)=C(Cl)C1=O. The van der Waals surface area contributed by atoms with Gasteiger partial charge in [0.05, 0.1) is 23.3 Å². The third kappa shape index (κ3) is 3.79. The summed E-state index contributed by atoms with van der Waals surface area (Å²) in [7, 11) is 0. The molecule has 148 valence electrons. The number of carbonyl (C=O) groups is 1. The topological polar surface area (TPSA) is 103 Å². The number of carbonyl (C=O) groups excluding carboxylic acids is 1. The number of hydrogen-bond acceptors (Lipinski definition) is 6. The maximum Gasteiger partial charge on any atom is 0.202 e. The predicted molar refractivity (Wildman–Crippen MR) is 113 cm³/mol. The first-order valence-electron chi connectivity index (χ1n) is 9.19. The number of fused-ring (bicyclic) bond motifs is 1. The van der Waals surface area contributed by atoms with Crippen molar-refractivity contribution in [1.82, 2.24) is 19.2 Å². The van der Waals surface area contributed by atoms with Crippen LogP contribution in [0.3, 0.4) is 0 Å². The number of nitrogens with one attached hydrogen (secondary N) is 1. The number of imidazole rings is 1. The van der Waals surface area contributed by atoms with Gasteiger partial charge in [-0.3, -0.25) is 4.79 Å². The van der Waals surface area contributed by atoms with Gasteiger partial charge in [-0.2, -0.15) is 0 Å². The number of nitrogens with zero attached hydrogens (tertiary/aromatic N) is 5. The Morgan fingerprint density at radius 2 is 2.17 bits per heavy atom. The van der Waals surface area contributed by atoms with Gasteiger partial charge in [-0.25, -0.2) is 14.5 Å². The molecule has 9 heteroatoms. The fourth-order valence-electron chi connectivity index (χ4n) is 3.07. The Labute approximate surface area is 172 Å². The molecule has 0 aliphatic heterocycles. The highest BCUT2D eigenvalue weighted by atomic mass is 35.5. The van der Waals surface area contributed by atoms with Gasteiger partial charge in [0.2, 0.25) is 5.78 Å². The van der Waals surface area contributed by atoms with Crippen LogP contribution in [0, 0.1) is 0 Å². The number of Topliss-reactive ketones (excluding diaryl/α,β-unsaturated/α-hetero) is 1. The molecule has 3 aromatic rings. The number of halogens is 1. The number of rotatable bonds is 6. The van der Waals surface area contributed by atoms with E-state index in [4.69, 9.17) is 22.3 Å². The first kappa shape index (κ1) is 18.9. The Hall–Kier alpha value is -3.39. The van der Waals surface area contributed by atoms with Crippen LogP contribution in [0.4, 0.5) is 11.5 Å². The van der Waals surface area contributed by atoms with Crippen molar-refractivity contribution in [1.29, 1.82) is 0 Å². The summed E-state index contributed by atoms with van der Waals surface area (Å²) in [5.41, 5.74) is 8.64. The van der Waals surface area contributed by atoms with Crippen molar-refractivity contribution in [2.24, 2.45) is 10.7 Å². The van der Waals surface area contributed by atoms with E-state index in [1.165, 1.54) is 0 Å². The Morgan fingerprint density at radius 3 is 2.97 bits per heavy atom. The highest BCUT2D eigenvalue weighted by Gasteiger charge is 2.23. The van der Waals surface area contributed by atoms with E-state index >= 15 is 0 Å². The molecular formula is C20H20ClN7O. The minimum Gasteiger partial charge on any atom is -0.396 e. The third-order valence-electron chi connectivity index (χ3n) is 4.61. The first-order chi connectivity index (χ1) is 14.0. The van der Waals surface area contributed by atoms with Crippen molar-refractivity contribution in [3.63, 3.8) is 0 Å². The lowest BCUT2D eigenvalue weighted by atomic mass is 10.0. The summed E-state index contributed by atoms with van der Waals surface area (Å²) in [4.78, 5) is 20.8. The van der Waals surface area contributed by atoms with Gasteiger partial charge in [0.25, 0.3) is 0 Å². The lowest BCUT2D eigenvalue weighted by Gasteiger charge is -2.13. The Bertz CT molecular complexity index is 1150. The zero-order valence-electron chi connectivity index (χ0n) is 15.8. The highest BCUT2D eigenvalue weighted by Crippen LogP contribution is 2.32. The van der Waals surface area contributed by atoms with Crippen LogP contribution < -0.4 is 11.1 Å². The van der Waals surface area contributed by atoms with Crippen LogP contribution in [0.15, 0.2) is 70.5 Å². The number of pyridine rings is 1. The van der Waals surface area contributed by atoms with Gasteiger partial charge < -0.3 is 15.6 Å². The quantitative estimate of drug-likeness (QED) is 0.481. The van der Waals surface area contributed by atoms with Gasteiger partial charge in [-0.1, -0.05) is 17.7 Å². The molecule has 0 saturated heterocycles. The van der Waals surface area contributed by atoms with Gasteiger partial charge in [-0.05, 0) is 31.6 Å². The van der Waals surface area contributed by atoms with E-state index in [0.29, 0.717) is 29.3 Å². The number of aryl methyl sites for hydroxylation is 1. The van der Waals surface area contributed by atoms with E-state index in [9.17, 15) is 4.79 Å². The Morgan fingerprint density at radius 1 is 1.31 bits per heavy atom. The molecule has 0 spiro atoms. The second-order valence-electron chi connectivity index (χ2n) is 6.69. The van der Waals surface area contributed by atoms with Crippen molar-refractivity contribution < 1.29 is 4.79 Å². The number of ketones is 1. The van der Waals surface area contributed by atoms with Crippen LogP contribution in [0.25, 0.3) is 5.52 Å². The summed E-state index contributed by atoms with van der Waals surface area (Å²) in [5, 5.41) is 7.94. The van der Waals surface area contributed by atoms with Crippen LogP contribution in [0.2, 0.25) is 0 Å². The Kier molecular flexibility index (Phi) is 5.18. The third-order valence-corrected chi connectivity index (χ3v) is 4.99. The Balaban J connectivity index is 1.64. The lowest BCUT2D eigenvalue weighted by Crippen LogP contribution is -2.21. The molecule has 4 rings (SSSR count). The average molecular weight is 410 g/mol. The van der Waals surface area contributed by atoms with Crippen molar-refractivity contribution in [3.8, 4) is 0 Å². The largest absolute Gasteiger partial charge is 0.396 e. The number of nitrogens with two attached hydrogens (primary N) is 1. The summed E-state index contributed by atoms with van der Waals surface area (Å²) >= 11 is 6.10. The number of allylic oxidation sites excluding steroid dienone is 3. The van der Waals surface area contributed by atoms with Gasteiger partial charge in [-0.15, -0.1) is 5.10 Å². The van der Waals surface area contributed by atoms with Crippen LogP contribution in [-0.4, -0.2) is 37.2 Å². The maximum absolute atomic E-state index is 12.0. The van der Waals surface area contributed by atoms with Crippen molar-refractivity contribution in [3.05, 3.63) is 65.5 Å². The normalized spacial score (nSPS) is 16.0. The molecular weight excluding hydrogens is 390 g/mol. The molecule has 0 fully saturated rings.